The summed E-state index contributed by atoms with van der Waals surface area (Å²) in [5.74, 6) is -0.143. The summed E-state index contributed by atoms with van der Waals surface area (Å²) in [5.41, 5.74) is 1.77. The van der Waals surface area contributed by atoms with Crippen LogP contribution in [0.25, 0.3) is 0 Å². The van der Waals surface area contributed by atoms with Gasteiger partial charge in [0.15, 0.2) is 0 Å². The summed E-state index contributed by atoms with van der Waals surface area (Å²) in [4.78, 5) is 13.0. The lowest BCUT2D eigenvalue weighted by molar-refractivity contribution is -0.142. The first-order chi connectivity index (χ1) is 10.0. The van der Waals surface area contributed by atoms with Crippen LogP contribution in [0.1, 0.15) is 37.0 Å². The number of aliphatic hydroxyl groups is 1. The number of ether oxygens (including phenoxy) is 1. The molecule has 5 nitrogen and oxygen atoms in total. The Morgan fingerprint density at radius 3 is 2.95 bits per heavy atom. The van der Waals surface area contributed by atoms with Crippen molar-refractivity contribution in [2.24, 2.45) is 0 Å². The molecule has 5 heteroatoms. The van der Waals surface area contributed by atoms with Gasteiger partial charge in [0.25, 0.3) is 0 Å². The average molecular weight is 293 g/mol. The van der Waals surface area contributed by atoms with E-state index in [0.717, 1.165) is 17.5 Å². The van der Waals surface area contributed by atoms with Crippen LogP contribution in [-0.4, -0.2) is 46.8 Å². The van der Waals surface area contributed by atoms with Gasteiger partial charge in [-0.1, -0.05) is 11.6 Å². The van der Waals surface area contributed by atoms with Crippen LogP contribution < -0.4 is 4.74 Å². The quantitative estimate of drug-likeness (QED) is 0.839. The predicted octanol–water partition coefficient (Wildman–Crippen LogP) is 1.98. The molecule has 21 heavy (non-hydrogen) atoms. The van der Waals surface area contributed by atoms with Crippen LogP contribution in [-0.2, 0) is 4.79 Å². The number of β-amino-alcohol motifs (C(OH)–C–C–N with tert-alkyl or cyclic N) is 1. The Labute approximate surface area is 125 Å². The number of aryl methyl sites for hydroxylation is 1. The van der Waals surface area contributed by atoms with Crippen molar-refractivity contribution in [3.8, 4) is 5.75 Å². The van der Waals surface area contributed by atoms with Gasteiger partial charge < -0.3 is 14.9 Å². The third kappa shape index (κ3) is 3.74. The average Bonchev–Trinajstić information content (AvgIpc) is 2.89. The zero-order valence-corrected chi connectivity index (χ0v) is 12.6. The summed E-state index contributed by atoms with van der Waals surface area (Å²) in [6, 6.07) is 5.22. The first-order valence-corrected chi connectivity index (χ1v) is 7.41. The Morgan fingerprint density at radius 1 is 1.52 bits per heavy atom. The summed E-state index contributed by atoms with van der Waals surface area (Å²) < 4.78 is 5.56. The van der Waals surface area contributed by atoms with Gasteiger partial charge in [0, 0.05) is 12.1 Å². The van der Waals surface area contributed by atoms with E-state index in [4.69, 9.17) is 4.74 Å². The van der Waals surface area contributed by atoms with Crippen LogP contribution in [0.15, 0.2) is 18.2 Å². The maximum atomic E-state index is 11.2. The Bertz CT molecular complexity index is 503. The molecule has 2 unspecified atom stereocenters. The van der Waals surface area contributed by atoms with Gasteiger partial charge in [0.2, 0.25) is 0 Å². The number of carbonyl (C=O) groups is 1. The summed E-state index contributed by atoms with van der Waals surface area (Å²) in [7, 11) is 0. The molecule has 0 spiro atoms. The van der Waals surface area contributed by atoms with Crippen LogP contribution in [0.3, 0.4) is 0 Å². The topological polar surface area (TPSA) is 70.0 Å². The second kappa shape index (κ2) is 6.91. The standard InChI is InChI=1S/C16H23NO4/c1-3-21-15-7-6-11(2)9-12(15)14(18)10-17-8-4-5-13(17)16(19)20/h6-7,9,13-14,18H,3-5,8,10H2,1-2H3,(H,19,20). The minimum absolute atomic E-state index is 0.320. The van der Waals surface area contributed by atoms with Crippen LogP contribution in [0.5, 0.6) is 5.75 Å². The molecule has 2 atom stereocenters. The minimum atomic E-state index is -0.811. The number of likely N-dealkylation sites (tertiary alicyclic amines) is 1. The maximum Gasteiger partial charge on any atom is 0.320 e. The van der Waals surface area contributed by atoms with E-state index in [2.05, 4.69) is 0 Å². The molecule has 0 aromatic heterocycles. The predicted molar refractivity (Wildman–Crippen MR) is 79.5 cm³/mol. The van der Waals surface area contributed by atoms with Gasteiger partial charge in [-0.2, -0.15) is 0 Å². The van der Waals surface area contributed by atoms with Crippen LogP contribution in [0.4, 0.5) is 0 Å². The van der Waals surface area contributed by atoms with Crippen molar-refractivity contribution in [3.05, 3.63) is 29.3 Å². The Hall–Kier alpha value is -1.59. The molecule has 0 amide bonds. The molecular formula is C16H23NO4. The summed E-state index contributed by atoms with van der Waals surface area (Å²) >= 11 is 0. The number of hydrogen-bond acceptors (Lipinski definition) is 4. The number of aliphatic hydroxyl groups excluding tert-OH is 1. The summed E-state index contributed by atoms with van der Waals surface area (Å²) in [6.07, 6.45) is 0.760. The first-order valence-electron chi connectivity index (χ1n) is 7.41. The van der Waals surface area contributed by atoms with Gasteiger partial charge in [-0.05, 0) is 45.4 Å². The molecule has 1 aliphatic rings. The first kappa shape index (κ1) is 15.8. The SMILES string of the molecule is CCOc1ccc(C)cc1C(O)CN1CCCC1C(=O)O. The van der Waals surface area contributed by atoms with E-state index in [0.29, 0.717) is 31.9 Å². The number of carboxylic acid groups (broad SMARTS) is 1. The number of nitrogens with zero attached hydrogens (tertiary/aromatic N) is 1. The molecule has 1 fully saturated rings. The van der Waals surface area contributed by atoms with Gasteiger partial charge in [0.05, 0.1) is 12.7 Å². The third-order valence-electron chi connectivity index (χ3n) is 3.88. The van der Waals surface area contributed by atoms with Gasteiger partial charge >= 0.3 is 5.97 Å². The Kier molecular flexibility index (Phi) is 5.20. The van der Waals surface area contributed by atoms with Crippen molar-refractivity contribution >= 4 is 5.97 Å². The molecule has 116 valence electrons. The largest absolute Gasteiger partial charge is 0.493 e. The summed E-state index contributed by atoms with van der Waals surface area (Å²) in [5, 5.41) is 19.7. The smallest absolute Gasteiger partial charge is 0.320 e. The van der Waals surface area contributed by atoms with Crippen LogP contribution in [0, 0.1) is 6.92 Å². The highest BCUT2D eigenvalue weighted by Gasteiger charge is 2.32. The molecule has 1 heterocycles. The maximum absolute atomic E-state index is 11.2. The Balaban J connectivity index is 2.14. The molecule has 0 saturated carbocycles. The van der Waals surface area contributed by atoms with Crippen molar-refractivity contribution < 1.29 is 19.7 Å². The van der Waals surface area contributed by atoms with E-state index in [-0.39, 0.29) is 0 Å². The van der Waals surface area contributed by atoms with E-state index < -0.39 is 18.1 Å². The monoisotopic (exact) mass is 293 g/mol. The zero-order valence-electron chi connectivity index (χ0n) is 12.6. The number of aliphatic carboxylic acids is 1. The number of rotatable bonds is 6. The normalized spacial score (nSPS) is 20.4. The molecular weight excluding hydrogens is 270 g/mol. The second-order valence-electron chi connectivity index (χ2n) is 5.48. The lowest BCUT2D eigenvalue weighted by atomic mass is 10.0. The lowest BCUT2D eigenvalue weighted by Gasteiger charge is -2.25. The Morgan fingerprint density at radius 2 is 2.29 bits per heavy atom. The van der Waals surface area contributed by atoms with E-state index in [9.17, 15) is 15.0 Å². The van der Waals surface area contributed by atoms with Crippen LogP contribution >= 0.6 is 0 Å². The van der Waals surface area contributed by atoms with Crippen molar-refractivity contribution in [1.82, 2.24) is 4.90 Å². The number of hydrogen-bond donors (Lipinski definition) is 2. The summed E-state index contributed by atoms with van der Waals surface area (Å²) in [6.45, 7) is 5.42. The molecule has 1 aliphatic heterocycles. The fourth-order valence-electron chi connectivity index (χ4n) is 2.86. The molecule has 2 rings (SSSR count). The highest BCUT2D eigenvalue weighted by molar-refractivity contribution is 5.73. The van der Waals surface area contributed by atoms with E-state index in [1.807, 2.05) is 36.9 Å². The van der Waals surface area contributed by atoms with Gasteiger partial charge in [-0.15, -0.1) is 0 Å². The minimum Gasteiger partial charge on any atom is -0.493 e. The molecule has 2 N–H and O–H groups in total. The van der Waals surface area contributed by atoms with Crippen molar-refractivity contribution in [1.29, 1.82) is 0 Å². The molecule has 0 radical (unpaired) electrons. The van der Waals surface area contributed by atoms with Gasteiger partial charge in [-0.25, -0.2) is 0 Å². The molecule has 0 aliphatic carbocycles. The van der Waals surface area contributed by atoms with Gasteiger partial charge in [0.1, 0.15) is 11.8 Å². The number of benzene rings is 1. The highest BCUT2D eigenvalue weighted by Crippen LogP contribution is 2.29. The van der Waals surface area contributed by atoms with E-state index in [1.165, 1.54) is 0 Å². The van der Waals surface area contributed by atoms with Crippen LogP contribution in [0.2, 0.25) is 0 Å². The highest BCUT2D eigenvalue weighted by atomic mass is 16.5. The molecule has 1 aromatic rings. The van der Waals surface area contributed by atoms with E-state index in [1.54, 1.807) is 0 Å². The lowest BCUT2D eigenvalue weighted by Crippen LogP contribution is -2.38. The molecule has 1 aromatic carbocycles. The molecule has 1 saturated heterocycles. The van der Waals surface area contributed by atoms with Crippen molar-refractivity contribution in [3.63, 3.8) is 0 Å². The fraction of sp³-hybridized carbons (Fsp3) is 0.562. The third-order valence-corrected chi connectivity index (χ3v) is 3.88. The molecule has 0 bridgehead atoms. The van der Waals surface area contributed by atoms with Crippen molar-refractivity contribution in [2.45, 2.75) is 38.8 Å². The number of carboxylic acids is 1. The van der Waals surface area contributed by atoms with Crippen molar-refractivity contribution in [2.75, 3.05) is 19.7 Å². The second-order valence-corrected chi connectivity index (χ2v) is 5.48. The fourth-order valence-corrected chi connectivity index (χ4v) is 2.86. The zero-order chi connectivity index (χ0) is 15.4. The van der Waals surface area contributed by atoms with E-state index >= 15 is 0 Å². The van der Waals surface area contributed by atoms with Gasteiger partial charge in [-0.3, -0.25) is 9.69 Å².